The maximum atomic E-state index is 9.23. The number of nitriles is 1. The van der Waals surface area contributed by atoms with E-state index in [0.717, 1.165) is 31.5 Å². The van der Waals surface area contributed by atoms with Gasteiger partial charge in [-0.1, -0.05) is 17.5 Å². The van der Waals surface area contributed by atoms with E-state index in [2.05, 4.69) is 33.4 Å². The summed E-state index contributed by atoms with van der Waals surface area (Å²) in [5.41, 5.74) is 1.48. The molecule has 22 heavy (non-hydrogen) atoms. The minimum absolute atomic E-state index is 0.433. The molecule has 3 heterocycles. The van der Waals surface area contributed by atoms with Crippen molar-refractivity contribution in [2.75, 3.05) is 11.9 Å². The van der Waals surface area contributed by atoms with Crippen LogP contribution in [0.3, 0.4) is 0 Å². The molecule has 0 fully saturated rings. The Labute approximate surface area is 133 Å². The van der Waals surface area contributed by atoms with Gasteiger partial charge in [0.1, 0.15) is 16.7 Å². The predicted molar refractivity (Wildman–Crippen MR) is 84.0 cm³/mol. The number of halogens is 1. The van der Waals surface area contributed by atoms with E-state index in [-0.39, 0.29) is 0 Å². The maximum Gasteiger partial charge on any atom is 0.196 e. The minimum atomic E-state index is 0.433. The average molecular weight is 315 g/mol. The van der Waals surface area contributed by atoms with Crippen LogP contribution >= 0.6 is 11.6 Å². The number of aromatic nitrogens is 4. The van der Waals surface area contributed by atoms with E-state index >= 15 is 0 Å². The number of fused-ring (bicyclic) bond motifs is 1. The molecule has 112 valence electrons. The summed E-state index contributed by atoms with van der Waals surface area (Å²) >= 11 is 6.48. The van der Waals surface area contributed by atoms with Gasteiger partial charge in [0.2, 0.25) is 0 Å². The monoisotopic (exact) mass is 314 g/mol. The number of hydrogen-bond donors (Lipinski definition) is 1. The Morgan fingerprint density at radius 2 is 2.32 bits per heavy atom. The highest BCUT2D eigenvalue weighted by atomic mass is 35.5. The van der Waals surface area contributed by atoms with E-state index in [1.165, 1.54) is 6.20 Å². The molecule has 1 aliphatic heterocycles. The molecule has 0 amide bonds. The molecule has 1 aliphatic rings. The summed E-state index contributed by atoms with van der Waals surface area (Å²) in [6.07, 6.45) is 4.65. The van der Waals surface area contributed by atoms with E-state index in [1.807, 2.05) is 4.68 Å². The van der Waals surface area contributed by atoms with Crippen LogP contribution in [0.5, 0.6) is 0 Å². The molecule has 2 aromatic heterocycles. The molecule has 2 aromatic rings. The van der Waals surface area contributed by atoms with Gasteiger partial charge >= 0.3 is 0 Å². The fourth-order valence-electron chi connectivity index (χ4n) is 2.55. The number of aryl methyl sites for hydroxylation is 1. The molecular weight excluding hydrogens is 300 g/mol. The van der Waals surface area contributed by atoms with Crippen molar-refractivity contribution in [2.45, 2.75) is 32.7 Å². The van der Waals surface area contributed by atoms with Gasteiger partial charge in [-0.2, -0.15) is 20.1 Å². The first-order valence-electron chi connectivity index (χ1n) is 7.13. The first-order chi connectivity index (χ1) is 10.8. The third-order valence-corrected chi connectivity index (χ3v) is 4.01. The van der Waals surface area contributed by atoms with Crippen LogP contribution in [0.25, 0.3) is 5.82 Å². The third-order valence-electron chi connectivity index (χ3n) is 3.62. The second kappa shape index (κ2) is 6.13. The second-order valence-electron chi connectivity index (χ2n) is 4.98. The summed E-state index contributed by atoms with van der Waals surface area (Å²) in [5.74, 6) is 6.85. The maximum absolute atomic E-state index is 9.23. The quantitative estimate of drug-likeness (QED) is 0.883. The van der Waals surface area contributed by atoms with Crippen LogP contribution < -0.4 is 5.32 Å². The van der Waals surface area contributed by atoms with Gasteiger partial charge in [-0.25, -0.2) is 0 Å². The molecule has 0 bridgehead atoms. The zero-order chi connectivity index (χ0) is 15.5. The van der Waals surface area contributed by atoms with Crippen molar-refractivity contribution in [3.05, 3.63) is 22.5 Å². The Balaban J connectivity index is 2.04. The molecule has 0 atom stereocenters. The fraction of sp³-hybridized carbons (Fsp3) is 0.400. The molecule has 6 nitrogen and oxygen atoms in total. The highest BCUT2D eigenvalue weighted by Crippen LogP contribution is 2.30. The number of rotatable bonds is 3. The van der Waals surface area contributed by atoms with Crippen LogP contribution in [0.1, 0.15) is 31.0 Å². The fourth-order valence-corrected chi connectivity index (χ4v) is 2.86. The first kappa shape index (κ1) is 14.5. The number of hydrogen-bond acceptors (Lipinski definition) is 4. The van der Waals surface area contributed by atoms with E-state index < -0.39 is 0 Å². The van der Waals surface area contributed by atoms with Crippen molar-refractivity contribution in [1.82, 2.24) is 19.6 Å². The van der Waals surface area contributed by atoms with Crippen molar-refractivity contribution in [3.8, 4) is 23.7 Å². The Morgan fingerprint density at radius 3 is 3.05 bits per heavy atom. The number of nitrogens with one attached hydrogen (secondary N) is 1. The zero-order valence-electron chi connectivity index (χ0n) is 12.2. The van der Waals surface area contributed by atoms with Gasteiger partial charge in [0.05, 0.1) is 18.4 Å². The second-order valence-corrected chi connectivity index (χ2v) is 5.35. The van der Waals surface area contributed by atoms with E-state index in [0.29, 0.717) is 28.8 Å². The largest absolute Gasteiger partial charge is 0.358 e. The summed E-state index contributed by atoms with van der Waals surface area (Å²) in [6.45, 7) is 3.07. The van der Waals surface area contributed by atoms with Crippen LogP contribution in [0.15, 0.2) is 6.20 Å². The van der Waals surface area contributed by atoms with Crippen molar-refractivity contribution < 1.29 is 0 Å². The first-order valence-corrected chi connectivity index (χ1v) is 7.51. The van der Waals surface area contributed by atoms with Gasteiger partial charge in [0, 0.05) is 6.54 Å². The van der Waals surface area contributed by atoms with Crippen molar-refractivity contribution >= 4 is 17.4 Å². The molecule has 3 rings (SSSR count). The SMILES string of the molecule is CC#CCNc1c(C#N)cnn1-c1nn2c(c1Cl)CCCC2. The normalized spacial score (nSPS) is 13.0. The number of anilines is 1. The highest BCUT2D eigenvalue weighted by molar-refractivity contribution is 6.32. The van der Waals surface area contributed by atoms with Crippen molar-refractivity contribution in [1.29, 1.82) is 5.26 Å². The van der Waals surface area contributed by atoms with Crippen LogP contribution in [0.4, 0.5) is 5.82 Å². The Bertz CT molecular complexity index is 799. The van der Waals surface area contributed by atoms with E-state index in [9.17, 15) is 5.26 Å². The minimum Gasteiger partial charge on any atom is -0.358 e. The van der Waals surface area contributed by atoms with Crippen molar-refractivity contribution in [2.24, 2.45) is 0 Å². The van der Waals surface area contributed by atoms with Gasteiger partial charge in [0.25, 0.3) is 0 Å². The van der Waals surface area contributed by atoms with Crippen LogP contribution in [-0.4, -0.2) is 26.1 Å². The molecule has 0 spiro atoms. The lowest BCUT2D eigenvalue weighted by Gasteiger charge is -2.12. The average Bonchev–Trinajstić information content (AvgIpc) is 3.09. The van der Waals surface area contributed by atoms with Gasteiger partial charge < -0.3 is 5.32 Å². The highest BCUT2D eigenvalue weighted by Gasteiger charge is 2.23. The molecule has 0 aromatic carbocycles. The van der Waals surface area contributed by atoms with Gasteiger partial charge in [-0.3, -0.25) is 4.68 Å². The topological polar surface area (TPSA) is 71.5 Å². The molecule has 0 radical (unpaired) electrons. The molecule has 0 unspecified atom stereocenters. The molecule has 0 saturated heterocycles. The van der Waals surface area contributed by atoms with Crippen molar-refractivity contribution in [3.63, 3.8) is 0 Å². The smallest absolute Gasteiger partial charge is 0.196 e. The summed E-state index contributed by atoms with van der Waals surface area (Å²) in [4.78, 5) is 0. The van der Waals surface area contributed by atoms with E-state index in [4.69, 9.17) is 11.6 Å². The Hall–Kier alpha value is -2.44. The van der Waals surface area contributed by atoms with Crippen LogP contribution in [-0.2, 0) is 13.0 Å². The Kier molecular flexibility index (Phi) is 4.04. The summed E-state index contributed by atoms with van der Waals surface area (Å²) in [5, 5.41) is 21.8. The zero-order valence-corrected chi connectivity index (χ0v) is 13.0. The molecule has 7 heteroatoms. The molecule has 0 saturated carbocycles. The third kappa shape index (κ3) is 2.43. The molecule has 1 N–H and O–H groups in total. The summed E-state index contributed by atoms with van der Waals surface area (Å²) < 4.78 is 3.52. The van der Waals surface area contributed by atoms with Crippen LogP contribution in [0.2, 0.25) is 5.02 Å². The summed E-state index contributed by atoms with van der Waals surface area (Å²) in [6, 6.07) is 2.12. The molecule has 0 aliphatic carbocycles. The van der Waals surface area contributed by atoms with Gasteiger partial charge in [0.15, 0.2) is 11.6 Å². The van der Waals surface area contributed by atoms with E-state index in [1.54, 1.807) is 11.6 Å². The standard InChI is InChI=1S/C15H15ClN6/c1-2-3-7-18-14-11(9-17)10-19-22(14)15-13(16)12-6-4-5-8-21(12)20-15/h10,18H,4-8H2,1H3. The number of nitrogens with zero attached hydrogens (tertiary/aromatic N) is 5. The lowest BCUT2D eigenvalue weighted by molar-refractivity contribution is 0.484. The summed E-state index contributed by atoms with van der Waals surface area (Å²) in [7, 11) is 0. The van der Waals surface area contributed by atoms with Gasteiger partial charge in [-0.15, -0.1) is 5.92 Å². The predicted octanol–water partition coefficient (Wildman–Crippen LogP) is 2.37. The lowest BCUT2D eigenvalue weighted by Crippen LogP contribution is -2.11. The molecular formula is C15H15ClN6. The lowest BCUT2D eigenvalue weighted by atomic mass is 10.1. The van der Waals surface area contributed by atoms with Crippen LogP contribution in [0, 0.1) is 23.2 Å². The van der Waals surface area contributed by atoms with Gasteiger partial charge in [-0.05, 0) is 26.2 Å². The Morgan fingerprint density at radius 1 is 1.45 bits per heavy atom.